The van der Waals surface area contributed by atoms with E-state index in [1.54, 1.807) is 6.20 Å². The Morgan fingerprint density at radius 2 is 0.985 bits per heavy atom. The Morgan fingerprint density at radius 3 is 1.60 bits per heavy atom. The van der Waals surface area contributed by atoms with Gasteiger partial charge in [0.05, 0.1) is 45.9 Å². The molecule has 1 atom stereocenters. The molecule has 0 aliphatic carbocycles. The van der Waals surface area contributed by atoms with Crippen molar-refractivity contribution in [3.8, 4) is 56.2 Å². The van der Waals surface area contributed by atoms with Gasteiger partial charge >= 0.3 is 0 Å². The molecule has 1 aliphatic heterocycles. The molecule has 5 heteroatoms. The second-order valence-electron chi connectivity index (χ2n) is 15.8. The number of rotatable bonds is 11. The number of hydrogen-bond donors (Lipinski definition) is 1. The minimum Gasteiger partial charge on any atom is -0.370 e. The summed E-state index contributed by atoms with van der Waals surface area (Å²) >= 11 is 0. The number of hydrogen-bond acceptors (Lipinski definition) is 5. The highest BCUT2D eigenvalue weighted by molar-refractivity contribution is 6.13. The van der Waals surface area contributed by atoms with Crippen LogP contribution in [0.15, 0.2) is 242 Å². The summed E-state index contributed by atoms with van der Waals surface area (Å²) in [5.74, 6) is 0. The average Bonchev–Trinajstić information content (AvgIpc) is 3.39. The van der Waals surface area contributed by atoms with Crippen LogP contribution in [0.5, 0.6) is 0 Å². The maximum Gasteiger partial charge on any atom is 0.0988 e. The van der Waals surface area contributed by atoms with E-state index in [2.05, 4.69) is 192 Å². The predicted molar refractivity (Wildman–Crippen MR) is 269 cm³/mol. The van der Waals surface area contributed by atoms with E-state index in [1.165, 1.54) is 0 Å². The highest BCUT2D eigenvalue weighted by atomic mass is 15.0. The molecule has 2 aromatic heterocycles. The van der Waals surface area contributed by atoms with Gasteiger partial charge in [0, 0.05) is 40.2 Å². The van der Waals surface area contributed by atoms with Crippen molar-refractivity contribution in [3.05, 3.63) is 265 Å². The number of pyridine rings is 1. The molecule has 0 radical (unpaired) electrons. The molecule has 0 bridgehead atoms. The van der Waals surface area contributed by atoms with Crippen LogP contribution in [0.4, 0.5) is 0 Å². The SMILES string of the molecule is C/C=C\C=C/c1ccc(C2=C(c3ccccc3)NC(c3ccccc3)C(c3ccccc3)=N2)c(-c2cccc(-c3nc(-c4ccccc4)c(-c4ccccc4)nc3-c3cccnc3)c2)c1. The fraction of sp³-hybridized carbons (Fsp3) is 0.0333. The second kappa shape index (κ2) is 18.8. The van der Waals surface area contributed by atoms with E-state index in [0.29, 0.717) is 0 Å². The summed E-state index contributed by atoms with van der Waals surface area (Å²) in [5.41, 5.74) is 17.1. The molecule has 0 saturated carbocycles. The molecule has 310 valence electrons. The van der Waals surface area contributed by atoms with Crippen molar-refractivity contribution in [2.75, 3.05) is 0 Å². The van der Waals surface area contributed by atoms with Gasteiger partial charge in [0.15, 0.2) is 0 Å². The van der Waals surface area contributed by atoms with Crippen LogP contribution in [0, 0.1) is 0 Å². The molecule has 0 saturated heterocycles. The summed E-state index contributed by atoms with van der Waals surface area (Å²) in [4.78, 5) is 21.3. The van der Waals surface area contributed by atoms with E-state index in [4.69, 9.17) is 15.0 Å². The Hall–Kier alpha value is -8.54. The van der Waals surface area contributed by atoms with Crippen LogP contribution in [0.25, 0.3) is 73.6 Å². The van der Waals surface area contributed by atoms with Gasteiger partial charge in [0.2, 0.25) is 0 Å². The predicted octanol–water partition coefficient (Wildman–Crippen LogP) is 14.5. The van der Waals surface area contributed by atoms with Crippen LogP contribution in [0.1, 0.15) is 40.8 Å². The van der Waals surface area contributed by atoms with E-state index in [9.17, 15) is 0 Å². The van der Waals surface area contributed by atoms with Gasteiger partial charge < -0.3 is 5.32 Å². The van der Waals surface area contributed by atoms with Crippen LogP contribution >= 0.6 is 0 Å². The molecule has 7 aromatic carbocycles. The summed E-state index contributed by atoms with van der Waals surface area (Å²) in [7, 11) is 0. The third kappa shape index (κ3) is 8.64. The third-order valence-corrected chi connectivity index (χ3v) is 11.6. The van der Waals surface area contributed by atoms with Crippen LogP contribution in [-0.4, -0.2) is 20.7 Å². The molecule has 9 aromatic rings. The zero-order valence-corrected chi connectivity index (χ0v) is 36.0. The van der Waals surface area contributed by atoms with E-state index in [-0.39, 0.29) is 6.04 Å². The van der Waals surface area contributed by atoms with Gasteiger partial charge in [-0.25, -0.2) is 15.0 Å². The molecule has 1 N–H and O–H groups in total. The lowest BCUT2D eigenvalue weighted by molar-refractivity contribution is 0.801. The zero-order chi connectivity index (χ0) is 43.8. The molecule has 0 amide bonds. The topological polar surface area (TPSA) is 63.1 Å². The molecule has 1 aliphatic rings. The Bertz CT molecular complexity index is 3200. The fourth-order valence-corrected chi connectivity index (χ4v) is 8.43. The summed E-state index contributed by atoms with van der Waals surface area (Å²) in [5, 5.41) is 4.02. The Balaban J connectivity index is 1.21. The monoisotopic (exact) mass is 835 g/mol. The maximum absolute atomic E-state index is 5.72. The maximum atomic E-state index is 5.72. The normalized spacial score (nSPS) is 13.8. The summed E-state index contributed by atoms with van der Waals surface area (Å²) < 4.78 is 0. The Kier molecular flexibility index (Phi) is 11.7. The van der Waals surface area contributed by atoms with Crippen molar-refractivity contribution >= 4 is 23.2 Å². The molecule has 1 unspecified atom stereocenters. The van der Waals surface area contributed by atoms with E-state index in [0.717, 1.165) is 101 Å². The van der Waals surface area contributed by atoms with Crippen molar-refractivity contribution in [2.24, 2.45) is 4.99 Å². The van der Waals surface area contributed by atoms with Crippen molar-refractivity contribution in [2.45, 2.75) is 13.0 Å². The molecule has 10 rings (SSSR count). The Labute approximate surface area is 380 Å². The van der Waals surface area contributed by atoms with Gasteiger partial charge in [0.25, 0.3) is 0 Å². The zero-order valence-electron chi connectivity index (χ0n) is 36.0. The van der Waals surface area contributed by atoms with Gasteiger partial charge in [0.1, 0.15) is 0 Å². The van der Waals surface area contributed by atoms with Gasteiger partial charge in [-0.15, -0.1) is 0 Å². The lowest BCUT2D eigenvalue weighted by atomic mass is 9.89. The van der Waals surface area contributed by atoms with Crippen molar-refractivity contribution in [3.63, 3.8) is 0 Å². The number of aromatic nitrogens is 3. The van der Waals surface area contributed by atoms with Gasteiger partial charge in [-0.1, -0.05) is 206 Å². The third-order valence-electron chi connectivity index (χ3n) is 11.6. The van der Waals surface area contributed by atoms with Gasteiger partial charge in [-0.2, -0.15) is 0 Å². The minimum atomic E-state index is -0.186. The first-order chi connectivity index (χ1) is 32.2. The molecule has 0 fully saturated rings. The number of nitrogens with zero attached hydrogens (tertiary/aromatic N) is 4. The van der Waals surface area contributed by atoms with Crippen LogP contribution in [-0.2, 0) is 0 Å². The number of allylic oxidation sites excluding steroid dienone is 3. The van der Waals surface area contributed by atoms with Gasteiger partial charge in [-0.3, -0.25) is 4.98 Å². The van der Waals surface area contributed by atoms with Crippen molar-refractivity contribution < 1.29 is 0 Å². The summed E-state index contributed by atoms with van der Waals surface area (Å²) in [6, 6.07) is 71.4. The Morgan fingerprint density at radius 1 is 0.446 bits per heavy atom. The highest BCUT2D eigenvalue weighted by Crippen LogP contribution is 2.42. The molecule has 65 heavy (non-hydrogen) atoms. The number of benzene rings is 7. The van der Waals surface area contributed by atoms with E-state index < -0.39 is 0 Å². The first-order valence-corrected chi connectivity index (χ1v) is 21.9. The minimum absolute atomic E-state index is 0.186. The summed E-state index contributed by atoms with van der Waals surface area (Å²) in [6.45, 7) is 2.03. The average molecular weight is 836 g/mol. The number of nitrogens with one attached hydrogen (secondary N) is 1. The molecular weight excluding hydrogens is 791 g/mol. The van der Waals surface area contributed by atoms with Crippen LogP contribution in [0.3, 0.4) is 0 Å². The first-order valence-electron chi connectivity index (χ1n) is 21.9. The van der Waals surface area contributed by atoms with E-state index in [1.807, 2.05) is 61.7 Å². The molecule has 3 heterocycles. The van der Waals surface area contributed by atoms with Gasteiger partial charge in [-0.05, 0) is 64.6 Å². The van der Waals surface area contributed by atoms with Crippen molar-refractivity contribution in [1.29, 1.82) is 0 Å². The standard InChI is InChI=1S/C60H45N5/c1-2-3-9-22-42-36-37-51(60-57(47-31-18-8-19-32-47)62-55(45-27-14-6-15-28-45)56(65-60)46-29-16-7-17-30-46)52(39-42)48-33-20-34-49(40-48)58-59(50-35-21-38-61-41-50)64-54(44-25-12-5-13-26-44)53(63-58)43-23-10-4-11-24-43/h2-41,55,62H,1H3/b3-2-,22-9-. The van der Waals surface area contributed by atoms with Crippen molar-refractivity contribution in [1.82, 2.24) is 20.3 Å². The lowest BCUT2D eigenvalue weighted by Gasteiger charge is -2.31. The first kappa shape index (κ1) is 40.5. The number of aliphatic imine (C=N–C) groups is 1. The smallest absolute Gasteiger partial charge is 0.0988 e. The highest BCUT2D eigenvalue weighted by Gasteiger charge is 2.30. The van der Waals surface area contributed by atoms with Crippen LogP contribution in [0.2, 0.25) is 0 Å². The molecule has 0 spiro atoms. The summed E-state index contributed by atoms with van der Waals surface area (Å²) in [6.07, 6.45) is 12.0. The quantitative estimate of drug-likeness (QED) is 0.132. The fourth-order valence-electron chi connectivity index (χ4n) is 8.43. The molecule has 5 nitrogen and oxygen atoms in total. The lowest BCUT2D eigenvalue weighted by Crippen LogP contribution is -2.32. The van der Waals surface area contributed by atoms with E-state index >= 15 is 0 Å². The van der Waals surface area contributed by atoms with Crippen LogP contribution < -0.4 is 5.32 Å². The molecular formula is C60H45N5. The largest absolute Gasteiger partial charge is 0.370 e. The second-order valence-corrected chi connectivity index (χ2v) is 15.8.